The fourth-order valence-corrected chi connectivity index (χ4v) is 3.57. The maximum absolute atomic E-state index is 4.49. The lowest BCUT2D eigenvalue weighted by Crippen LogP contribution is -2.21. The van der Waals surface area contributed by atoms with Crippen molar-refractivity contribution in [2.75, 3.05) is 18.0 Å². The van der Waals surface area contributed by atoms with Gasteiger partial charge in [0, 0.05) is 42.1 Å². The van der Waals surface area contributed by atoms with Gasteiger partial charge in [-0.2, -0.15) is 0 Å². The highest BCUT2D eigenvalue weighted by Crippen LogP contribution is 2.22. The van der Waals surface area contributed by atoms with Crippen molar-refractivity contribution in [3.8, 4) is 0 Å². The van der Waals surface area contributed by atoms with Gasteiger partial charge in [0.05, 0.1) is 11.2 Å². The second-order valence-electron chi connectivity index (χ2n) is 4.25. The van der Waals surface area contributed by atoms with Gasteiger partial charge in [0.1, 0.15) is 0 Å². The first-order valence-electron chi connectivity index (χ1n) is 6.53. The summed E-state index contributed by atoms with van der Waals surface area (Å²) in [6, 6.07) is 0. The zero-order valence-electron chi connectivity index (χ0n) is 11.6. The Morgan fingerprint density at radius 2 is 2.00 bits per heavy atom. The molecule has 2 aromatic heterocycles. The molecular weight excluding hydrogens is 276 g/mol. The highest BCUT2D eigenvalue weighted by atomic mass is 32.1. The summed E-state index contributed by atoms with van der Waals surface area (Å²) in [7, 11) is 0. The van der Waals surface area contributed by atoms with Crippen LogP contribution in [0.15, 0.2) is 11.7 Å². The van der Waals surface area contributed by atoms with Gasteiger partial charge in [-0.15, -0.1) is 22.7 Å². The average Bonchev–Trinajstić information content (AvgIpc) is 3.02. The van der Waals surface area contributed by atoms with Crippen molar-refractivity contribution in [1.29, 1.82) is 0 Å². The Labute approximate surface area is 122 Å². The molecule has 6 heteroatoms. The number of thiazole rings is 2. The maximum atomic E-state index is 4.49. The van der Waals surface area contributed by atoms with Crippen molar-refractivity contribution >= 4 is 27.8 Å². The molecule has 0 fully saturated rings. The predicted molar refractivity (Wildman–Crippen MR) is 83.1 cm³/mol. The summed E-state index contributed by atoms with van der Waals surface area (Å²) in [6.07, 6.45) is 1.98. The van der Waals surface area contributed by atoms with Crippen LogP contribution in [-0.2, 0) is 13.1 Å². The summed E-state index contributed by atoms with van der Waals surface area (Å²) in [5, 5.41) is 4.58. The third kappa shape index (κ3) is 3.75. The second-order valence-corrected chi connectivity index (χ2v) is 6.28. The summed E-state index contributed by atoms with van der Waals surface area (Å²) >= 11 is 3.48. The van der Waals surface area contributed by atoms with Crippen LogP contribution in [-0.4, -0.2) is 23.1 Å². The second kappa shape index (κ2) is 6.98. The van der Waals surface area contributed by atoms with Crippen molar-refractivity contribution in [2.24, 2.45) is 0 Å². The summed E-state index contributed by atoms with van der Waals surface area (Å²) in [5.74, 6) is 0. The van der Waals surface area contributed by atoms with E-state index < -0.39 is 0 Å². The Morgan fingerprint density at radius 1 is 1.21 bits per heavy atom. The molecule has 2 heterocycles. The van der Waals surface area contributed by atoms with Crippen molar-refractivity contribution in [3.63, 3.8) is 0 Å². The highest BCUT2D eigenvalue weighted by Gasteiger charge is 2.07. The number of hydrogen-bond donors (Lipinski definition) is 1. The maximum Gasteiger partial charge on any atom is 0.185 e. The smallest absolute Gasteiger partial charge is 0.185 e. The van der Waals surface area contributed by atoms with Crippen molar-refractivity contribution in [3.05, 3.63) is 27.2 Å². The van der Waals surface area contributed by atoms with Gasteiger partial charge in [0.15, 0.2) is 5.13 Å². The summed E-state index contributed by atoms with van der Waals surface area (Å²) in [4.78, 5) is 13.6. The Hall–Kier alpha value is -0.980. The molecule has 19 heavy (non-hydrogen) atoms. The summed E-state index contributed by atoms with van der Waals surface area (Å²) in [6.45, 7) is 10.2. The van der Waals surface area contributed by atoms with Crippen molar-refractivity contribution in [2.45, 2.75) is 33.9 Å². The molecule has 0 aliphatic carbocycles. The van der Waals surface area contributed by atoms with E-state index in [1.54, 1.807) is 22.7 Å². The molecule has 0 aliphatic heterocycles. The predicted octanol–water partition coefficient (Wildman–Crippen LogP) is 3.04. The first-order chi connectivity index (χ1) is 9.24. The third-order valence-electron chi connectivity index (χ3n) is 3.00. The number of aryl methyl sites for hydroxylation is 1. The molecule has 0 radical (unpaired) electrons. The molecule has 0 aromatic carbocycles. The van der Waals surface area contributed by atoms with Gasteiger partial charge >= 0.3 is 0 Å². The van der Waals surface area contributed by atoms with Gasteiger partial charge in [0.25, 0.3) is 0 Å². The highest BCUT2D eigenvalue weighted by molar-refractivity contribution is 7.15. The monoisotopic (exact) mass is 296 g/mol. The van der Waals surface area contributed by atoms with Crippen LogP contribution in [0, 0.1) is 6.92 Å². The summed E-state index contributed by atoms with van der Waals surface area (Å²) < 4.78 is 0. The molecule has 2 aromatic rings. The normalized spacial score (nSPS) is 10.9. The molecule has 2 rings (SSSR count). The fourth-order valence-electron chi connectivity index (χ4n) is 1.81. The van der Waals surface area contributed by atoms with Crippen molar-refractivity contribution < 1.29 is 0 Å². The Bertz CT molecular complexity index is 502. The van der Waals surface area contributed by atoms with Crippen LogP contribution in [0.4, 0.5) is 5.13 Å². The molecule has 0 aliphatic rings. The Kier molecular flexibility index (Phi) is 5.30. The number of rotatable bonds is 7. The lowest BCUT2D eigenvalue weighted by Gasteiger charge is -2.16. The van der Waals surface area contributed by atoms with Gasteiger partial charge in [0.2, 0.25) is 0 Å². The van der Waals surface area contributed by atoms with E-state index in [1.165, 1.54) is 9.75 Å². The van der Waals surface area contributed by atoms with E-state index in [0.29, 0.717) is 0 Å². The van der Waals surface area contributed by atoms with E-state index in [4.69, 9.17) is 0 Å². The van der Waals surface area contributed by atoms with E-state index in [9.17, 15) is 0 Å². The lowest BCUT2D eigenvalue weighted by molar-refractivity contribution is 0.704. The first-order valence-corrected chi connectivity index (χ1v) is 8.23. The van der Waals surface area contributed by atoms with Gasteiger partial charge in [-0.3, -0.25) is 0 Å². The number of anilines is 1. The van der Waals surface area contributed by atoms with Crippen LogP contribution in [0.3, 0.4) is 0 Å². The molecule has 0 atom stereocenters. The molecule has 0 amide bonds. The quantitative estimate of drug-likeness (QED) is 0.852. The minimum Gasteiger partial charge on any atom is -0.349 e. The van der Waals surface area contributed by atoms with E-state index in [2.05, 4.69) is 41.0 Å². The molecule has 1 N–H and O–H groups in total. The third-order valence-corrected chi connectivity index (χ3v) is 5.00. The zero-order valence-corrected chi connectivity index (χ0v) is 13.3. The molecule has 104 valence electrons. The van der Waals surface area contributed by atoms with Crippen LogP contribution in [0.5, 0.6) is 0 Å². The number of hydrogen-bond acceptors (Lipinski definition) is 6. The van der Waals surface area contributed by atoms with Crippen LogP contribution in [0.2, 0.25) is 0 Å². The molecule has 0 bridgehead atoms. The van der Waals surface area contributed by atoms with Gasteiger partial charge in [-0.05, 0) is 20.8 Å². The molecule has 0 saturated carbocycles. The van der Waals surface area contributed by atoms with Crippen LogP contribution >= 0.6 is 22.7 Å². The molecule has 4 nitrogen and oxygen atoms in total. The van der Waals surface area contributed by atoms with Crippen LogP contribution in [0.25, 0.3) is 0 Å². The average molecular weight is 296 g/mol. The standard InChI is InChI=1S/C13H20N4S2/c1-4-17(5-2)13-15-7-11(19-13)6-14-8-12-10(3)16-9-18-12/h7,9,14H,4-6,8H2,1-3H3. The minimum atomic E-state index is 0.871. The summed E-state index contributed by atoms with van der Waals surface area (Å²) in [5.41, 5.74) is 3.03. The fraction of sp³-hybridized carbons (Fsp3) is 0.538. The zero-order chi connectivity index (χ0) is 13.7. The molecule has 0 unspecified atom stereocenters. The van der Waals surface area contributed by atoms with Crippen LogP contribution in [0.1, 0.15) is 29.3 Å². The number of nitrogens with zero attached hydrogens (tertiary/aromatic N) is 3. The lowest BCUT2D eigenvalue weighted by atomic mass is 10.4. The van der Waals surface area contributed by atoms with E-state index >= 15 is 0 Å². The Morgan fingerprint density at radius 3 is 2.63 bits per heavy atom. The molecular formula is C13H20N4S2. The topological polar surface area (TPSA) is 41.1 Å². The van der Waals surface area contributed by atoms with Crippen LogP contribution < -0.4 is 10.2 Å². The SMILES string of the molecule is CCN(CC)c1ncc(CNCc2scnc2C)s1. The van der Waals surface area contributed by atoms with E-state index in [-0.39, 0.29) is 0 Å². The number of aromatic nitrogens is 2. The largest absolute Gasteiger partial charge is 0.349 e. The van der Waals surface area contributed by atoms with Gasteiger partial charge in [-0.1, -0.05) is 0 Å². The first kappa shape index (κ1) is 14.4. The van der Waals surface area contributed by atoms with E-state index in [0.717, 1.165) is 37.0 Å². The molecule has 0 saturated heterocycles. The van der Waals surface area contributed by atoms with E-state index in [1.807, 2.05) is 11.7 Å². The molecule has 0 spiro atoms. The minimum absolute atomic E-state index is 0.871. The Balaban J connectivity index is 1.85. The van der Waals surface area contributed by atoms with Gasteiger partial charge < -0.3 is 10.2 Å². The number of nitrogens with one attached hydrogen (secondary N) is 1. The van der Waals surface area contributed by atoms with Gasteiger partial charge in [-0.25, -0.2) is 9.97 Å². The van der Waals surface area contributed by atoms with Crippen molar-refractivity contribution in [1.82, 2.24) is 15.3 Å².